The van der Waals surface area contributed by atoms with Gasteiger partial charge in [-0.1, -0.05) is 47.6 Å². The molecule has 3 aromatic rings. The second-order valence-corrected chi connectivity index (χ2v) is 6.99. The van der Waals surface area contributed by atoms with Crippen molar-refractivity contribution in [2.75, 3.05) is 13.1 Å². The van der Waals surface area contributed by atoms with Crippen LogP contribution in [0, 0.1) is 6.92 Å². The van der Waals surface area contributed by atoms with Gasteiger partial charge in [-0.3, -0.25) is 4.79 Å². The van der Waals surface area contributed by atoms with E-state index in [0.717, 1.165) is 25.9 Å². The summed E-state index contributed by atoms with van der Waals surface area (Å²) in [6.45, 7) is 3.39. The fourth-order valence-electron chi connectivity index (χ4n) is 3.62. The molecule has 0 unspecified atom stereocenters. The highest BCUT2D eigenvalue weighted by Crippen LogP contribution is 2.29. The Hall–Kier alpha value is -3.15. The average Bonchev–Trinajstić information content (AvgIpc) is 3.18. The molecule has 1 aromatic heterocycles. The molecular formula is C22H23N3O3. The lowest BCUT2D eigenvalue weighted by Gasteiger charge is -2.32. The fourth-order valence-corrected chi connectivity index (χ4v) is 3.62. The topological polar surface area (TPSA) is 68.5 Å². The number of amides is 1. The summed E-state index contributed by atoms with van der Waals surface area (Å²) >= 11 is 0. The molecule has 2 aromatic carbocycles. The van der Waals surface area contributed by atoms with Gasteiger partial charge in [-0.05, 0) is 36.5 Å². The number of carbonyl (C=O) groups excluding carboxylic acids is 1. The molecule has 0 bridgehead atoms. The minimum absolute atomic E-state index is 0.00593. The van der Waals surface area contributed by atoms with Crippen LogP contribution >= 0.6 is 0 Å². The molecule has 144 valence electrons. The van der Waals surface area contributed by atoms with Crippen molar-refractivity contribution in [1.29, 1.82) is 0 Å². The molecule has 0 atom stereocenters. The van der Waals surface area contributed by atoms with Crippen LogP contribution in [0.3, 0.4) is 0 Å². The number of ether oxygens (including phenoxy) is 1. The third kappa shape index (κ3) is 4.06. The zero-order chi connectivity index (χ0) is 19.3. The standard InChI is InChI=1S/C22H23N3O3/c1-16-23-21(24-28-16)15-27-20-10-6-5-9-19(20)22(26)25-13-11-18(12-14-25)17-7-3-2-4-8-17/h2-10,18H,11-15H2,1H3. The van der Waals surface area contributed by atoms with E-state index in [-0.39, 0.29) is 12.5 Å². The highest BCUT2D eigenvalue weighted by atomic mass is 16.5. The maximum absolute atomic E-state index is 13.1. The number of rotatable bonds is 5. The Morgan fingerprint density at radius 1 is 1.11 bits per heavy atom. The molecule has 1 fully saturated rings. The van der Waals surface area contributed by atoms with E-state index in [4.69, 9.17) is 9.26 Å². The predicted octanol–water partition coefficient (Wildman–Crippen LogP) is 3.98. The van der Waals surface area contributed by atoms with Gasteiger partial charge in [0.25, 0.3) is 5.91 Å². The van der Waals surface area contributed by atoms with Gasteiger partial charge < -0.3 is 14.2 Å². The zero-order valence-electron chi connectivity index (χ0n) is 15.9. The summed E-state index contributed by atoms with van der Waals surface area (Å²) in [6, 6.07) is 17.9. The van der Waals surface area contributed by atoms with Crippen LogP contribution in [0.15, 0.2) is 59.1 Å². The summed E-state index contributed by atoms with van der Waals surface area (Å²) in [6.07, 6.45) is 1.95. The number of likely N-dealkylation sites (tertiary alicyclic amines) is 1. The third-order valence-corrected chi connectivity index (χ3v) is 5.10. The molecule has 1 saturated heterocycles. The number of benzene rings is 2. The minimum Gasteiger partial charge on any atom is -0.485 e. The van der Waals surface area contributed by atoms with Crippen LogP contribution in [0.4, 0.5) is 0 Å². The molecule has 0 aliphatic carbocycles. The van der Waals surface area contributed by atoms with E-state index in [1.54, 1.807) is 13.0 Å². The Bertz CT molecular complexity index is 931. The van der Waals surface area contributed by atoms with Crippen molar-refractivity contribution in [3.63, 3.8) is 0 Å². The van der Waals surface area contributed by atoms with E-state index < -0.39 is 0 Å². The summed E-state index contributed by atoms with van der Waals surface area (Å²) in [7, 11) is 0. The van der Waals surface area contributed by atoms with Crippen LogP contribution in [0.2, 0.25) is 0 Å². The van der Waals surface area contributed by atoms with Crippen molar-refractivity contribution in [3.8, 4) is 5.75 Å². The lowest BCUT2D eigenvalue weighted by Crippen LogP contribution is -2.38. The second kappa shape index (κ2) is 8.25. The number of para-hydroxylation sites is 1. The molecule has 6 heteroatoms. The highest BCUT2D eigenvalue weighted by Gasteiger charge is 2.26. The van der Waals surface area contributed by atoms with Crippen LogP contribution in [0.1, 0.15) is 46.4 Å². The minimum atomic E-state index is 0.00593. The zero-order valence-corrected chi connectivity index (χ0v) is 15.9. The Labute approximate surface area is 164 Å². The van der Waals surface area contributed by atoms with Crippen molar-refractivity contribution in [2.45, 2.75) is 32.3 Å². The smallest absolute Gasteiger partial charge is 0.257 e. The van der Waals surface area contributed by atoms with E-state index in [1.807, 2.05) is 29.2 Å². The van der Waals surface area contributed by atoms with Crippen LogP contribution in [0.25, 0.3) is 0 Å². The van der Waals surface area contributed by atoms with Gasteiger partial charge >= 0.3 is 0 Å². The molecule has 0 spiro atoms. The largest absolute Gasteiger partial charge is 0.485 e. The summed E-state index contributed by atoms with van der Waals surface area (Å²) in [5.41, 5.74) is 1.93. The fraction of sp³-hybridized carbons (Fsp3) is 0.318. The number of aryl methyl sites for hydroxylation is 1. The van der Waals surface area contributed by atoms with Gasteiger partial charge in [-0.15, -0.1) is 0 Å². The Balaban J connectivity index is 1.41. The summed E-state index contributed by atoms with van der Waals surface area (Å²) in [5, 5.41) is 3.83. The van der Waals surface area contributed by atoms with Crippen molar-refractivity contribution in [2.24, 2.45) is 0 Å². The van der Waals surface area contributed by atoms with Gasteiger partial charge in [-0.2, -0.15) is 4.98 Å². The van der Waals surface area contributed by atoms with Gasteiger partial charge in [0.05, 0.1) is 5.56 Å². The number of aromatic nitrogens is 2. The lowest BCUT2D eigenvalue weighted by molar-refractivity contribution is 0.0708. The number of hydrogen-bond acceptors (Lipinski definition) is 5. The van der Waals surface area contributed by atoms with Gasteiger partial charge in [0, 0.05) is 20.0 Å². The predicted molar refractivity (Wildman–Crippen MR) is 104 cm³/mol. The van der Waals surface area contributed by atoms with Crippen molar-refractivity contribution in [1.82, 2.24) is 15.0 Å². The Morgan fingerprint density at radius 2 is 1.82 bits per heavy atom. The normalized spacial score (nSPS) is 14.8. The first-order chi connectivity index (χ1) is 13.7. The van der Waals surface area contributed by atoms with Crippen molar-refractivity contribution in [3.05, 3.63) is 77.4 Å². The molecule has 0 saturated carbocycles. The van der Waals surface area contributed by atoms with Gasteiger partial charge in [0.15, 0.2) is 6.61 Å². The average molecular weight is 377 g/mol. The number of nitrogens with zero attached hydrogens (tertiary/aromatic N) is 3. The maximum atomic E-state index is 13.1. The molecule has 2 heterocycles. The van der Waals surface area contributed by atoms with E-state index >= 15 is 0 Å². The second-order valence-electron chi connectivity index (χ2n) is 6.99. The lowest BCUT2D eigenvalue weighted by atomic mass is 9.89. The number of carbonyl (C=O) groups is 1. The van der Waals surface area contributed by atoms with E-state index in [0.29, 0.717) is 28.9 Å². The monoisotopic (exact) mass is 377 g/mol. The van der Waals surface area contributed by atoms with Gasteiger partial charge in [0.2, 0.25) is 11.7 Å². The molecule has 1 amide bonds. The molecule has 28 heavy (non-hydrogen) atoms. The first-order valence-electron chi connectivity index (χ1n) is 9.56. The highest BCUT2D eigenvalue weighted by molar-refractivity contribution is 5.97. The Kier molecular flexibility index (Phi) is 5.37. The van der Waals surface area contributed by atoms with Crippen molar-refractivity contribution < 1.29 is 14.1 Å². The van der Waals surface area contributed by atoms with Crippen LogP contribution in [-0.2, 0) is 6.61 Å². The molecule has 1 aliphatic heterocycles. The van der Waals surface area contributed by atoms with Crippen LogP contribution in [-0.4, -0.2) is 34.0 Å². The molecule has 0 radical (unpaired) electrons. The molecule has 4 rings (SSSR count). The quantitative estimate of drug-likeness (QED) is 0.673. The summed E-state index contributed by atoms with van der Waals surface area (Å²) in [4.78, 5) is 19.1. The maximum Gasteiger partial charge on any atom is 0.257 e. The molecule has 6 nitrogen and oxygen atoms in total. The number of hydrogen-bond donors (Lipinski definition) is 0. The van der Waals surface area contributed by atoms with Crippen LogP contribution < -0.4 is 4.74 Å². The number of piperidine rings is 1. The molecular weight excluding hydrogens is 354 g/mol. The summed E-state index contributed by atoms with van der Waals surface area (Å²) < 4.78 is 10.8. The SMILES string of the molecule is Cc1nc(COc2ccccc2C(=O)N2CCC(c3ccccc3)CC2)no1. The van der Waals surface area contributed by atoms with Gasteiger partial charge in [0.1, 0.15) is 5.75 Å². The van der Waals surface area contributed by atoms with E-state index in [2.05, 4.69) is 34.4 Å². The summed E-state index contributed by atoms with van der Waals surface area (Å²) in [5.74, 6) is 2.01. The third-order valence-electron chi connectivity index (χ3n) is 5.10. The first-order valence-corrected chi connectivity index (χ1v) is 9.56. The van der Waals surface area contributed by atoms with Gasteiger partial charge in [-0.25, -0.2) is 0 Å². The van der Waals surface area contributed by atoms with Crippen LogP contribution in [0.5, 0.6) is 5.75 Å². The molecule has 0 N–H and O–H groups in total. The molecule has 1 aliphatic rings. The van der Waals surface area contributed by atoms with E-state index in [9.17, 15) is 4.79 Å². The van der Waals surface area contributed by atoms with Crippen molar-refractivity contribution >= 4 is 5.91 Å². The first kappa shape index (κ1) is 18.2. The van der Waals surface area contributed by atoms with E-state index in [1.165, 1.54) is 5.56 Å². The Morgan fingerprint density at radius 3 is 2.54 bits per heavy atom.